The number of nitrogens with one attached hydrogen (secondary N) is 2. The highest BCUT2D eigenvalue weighted by Crippen LogP contribution is 2.21. The van der Waals surface area contributed by atoms with Crippen LogP contribution in [0.15, 0.2) is 53.0 Å². The molecule has 0 bridgehead atoms. The van der Waals surface area contributed by atoms with Gasteiger partial charge in [-0.15, -0.1) is 0 Å². The number of aromatic nitrogens is 3. The standard InChI is InChI=1S/C19H20BrN7O2/c1-12(14-4-8-16(9-5-14)27(28)29)23-19-25-17(21)24-18(26-19)22-11-10-13-2-6-15(20)7-3-13/h2-9,12H,10-11H2,1H3,(H4,21,22,23,24,25,26)/t12-/m0/s1. The summed E-state index contributed by atoms with van der Waals surface area (Å²) in [5, 5.41) is 17.1. The number of benzene rings is 2. The Bertz CT molecular complexity index is 981. The molecule has 1 aromatic heterocycles. The Morgan fingerprint density at radius 3 is 2.38 bits per heavy atom. The third-order valence-electron chi connectivity index (χ3n) is 4.21. The third-order valence-corrected chi connectivity index (χ3v) is 4.74. The Hall–Kier alpha value is -3.27. The minimum Gasteiger partial charge on any atom is -0.368 e. The van der Waals surface area contributed by atoms with Gasteiger partial charge in [0.25, 0.3) is 5.69 Å². The number of hydrogen-bond donors (Lipinski definition) is 3. The van der Waals surface area contributed by atoms with E-state index in [0.717, 1.165) is 16.5 Å². The van der Waals surface area contributed by atoms with Gasteiger partial charge in [0.05, 0.1) is 11.0 Å². The highest BCUT2D eigenvalue weighted by molar-refractivity contribution is 9.10. The molecule has 0 unspecified atom stereocenters. The minimum absolute atomic E-state index is 0.0441. The second kappa shape index (κ2) is 9.28. The lowest BCUT2D eigenvalue weighted by molar-refractivity contribution is -0.384. The zero-order chi connectivity index (χ0) is 20.8. The quantitative estimate of drug-likeness (QED) is 0.342. The van der Waals surface area contributed by atoms with Gasteiger partial charge in [-0.1, -0.05) is 40.2 Å². The van der Waals surface area contributed by atoms with Crippen molar-refractivity contribution in [3.63, 3.8) is 0 Å². The van der Waals surface area contributed by atoms with Gasteiger partial charge in [0.1, 0.15) is 0 Å². The molecule has 0 fully saturated rings. The summed E-state index contributed by atoms with van der Waals surface area (Å²) in [6, 6.07) is 14.2. The highest BCUT2D eigenvalue weighted by Gasteiger charge is 2.12. The first-order valence-corrected chi connectivity index (χ1v) is 9.71. The smallest absolute Gasteiger partial charge is 0.269 e. The maximum absolute atomic E-state index is 10.8. The van der Waals surface area contributed by atoms with Gasteiger partial charge in [0.2, 0.25) is 17.8 Å². The van der Waals surface area contributed by atoms with Gasteiger partial charge >= 0.3 is 0 Å². The van der Waals surface area contributed by atoms with Crippen LogP contribution in [0.3, 0.4) is 0 Å². The van der Waals surface area contributed by atoms with Gasteiger partial charge in [0.15, 0.2) is 0 Å². The SMILES string of the molecule is C[C@H](Nc1nc(N)nc(NCCc2ccc(Br)cc2)n1)c1ccc([N+](=O)[O-])cc1. The van der Waals surface area contributed by atoms with E-state index in [9.17, 15) is 10.1 Å². The summed E-state index contributed by atoms with van der Waals surface area (Å²) in [7, 11) is 0. The molecule has 1 heterocycles. The second-order valence-electron chi connectivity index (χ2n) is 6.36. The van der Waals surface area contributed by atoms with Crippen LogP contribution >= 0.6 is 15.9 Å². The fourth-order valence-electron chi connectivity index (χ4n) is 2.67. The van der Waals surface area contributed by atoms with Crippen molar-refractivity contribution in [2.75, 3.05) is 22.9 Å². The van der Waals surface area contributed by atoms with Crippen LogP contribution in [-0.4, -0.2) is 26.4 Å². The van der Waals surface area contributed by atoms with Crippen molar-refractivity contribution >= 4 is 39.5 Å². The molecule has 0 radical (unpaired) electrons. The topological polar surface area (TPSA) is 132 Å². The maximum Gasteiger partial charge on any atom is 0.269 e. The summed E-state index contributed by atoms with van der Waals surface area (Å²) < 4.78 is 1.04. The van der Waals surface area contributed by atoms with E-state index in [4.69, 9.17) is 5.73 Å². The third kappa shape index (κ3) is 5.85. The molecular weight excluding hydrogens is 438 g/mol. The molecule has 0 aliphatic rings. The fourth-order valence-corrected chi connectivity index (χ4v) is 2.93. The van der Waals surface area contributed by atoms with Crippen LogP contribution < -0.4 is 16.4 Å². The van der Waals surface area contributed by atoms with Crippen molar-refractivity contribution < 1.29 is 4.92 Å². The van der Waals surface area contributed by atoms with E-state index in [1.54, 1.807) is 12.1 Å². The van der Waals surface area contributed by atoms with Crippen molar-refractivity contribution in [2.45, 2.75) is 19.4 Å². The van der Waals surface area contributed by atoms with E-state index < -0.39 is 4.92 Å². The monoisotopic (exact) mass is 457 g/mol. The van der Waals surface area contributed by atoms with Crippen LogP contribution in [0, 0.1) is 10.1 Å². The summed E-state index contributed by atoms with van der Waals surface area (Å²) in [6.07, 6.45) is 0.806. The molecule has 0 spiro atoms. The molecule has 10 heteroatoms. The van der Waals surface area contributed by atoms with Crippen LogP contribution in [0.25, 0.3) is 0 Å². The van der Waals surface area contributed by atoms with E-state index in [0.29, 0.717) is 18.4 Å². The lowest BCUT2D eigenvalue weighted by Gasteiger charge is -2.15. The molecule has 0 saturated heterocycles. The fraction of sp³-hybridized carbons (Fsp3) is 0.211. The number of nitrogen functional groups attached to an aromatic ring is 1. The Balaban J connectivity index is 1.61. The number of nitrogens with zero attached hydrogens (tertiary/aromatic N) is 4. The summed E-state index contributed by atoms with van der Waals surface area (Å²) >= 11 is 3.42. The molecule has 2 aromatic carbocycles. The molecule has 3 aromatic rings. The Labute approximate surface area is 176 Å². The van der Waals surface area contributed by atoms with Gasteiger partial charge in [-0.3, -0.25) is 10.1 Å². The number of non-ortho nitro benzene ring substituents is 1. The van der Waals surface area contributed by atoms with Crippen molar-refractivity contribution in [2.24, 2.45) is 0 Å². The first-order valence-electron chi connectivity index (χ1n) is 8.91. The number of anilines is 3. The van der Waals surface area contributed by atoms with Crippen LogP contribution in [0.4, 0.5) is 23.5 Å². The van der Waals surface area contributed by atoms with E-state index in [1.807, 2.05) is 31.2 Å². The number of rotatable bonds is 8. The zero-order valence-corrected chi connectivity index (χ0v) is 17.3. The van der Waals surface area contributed by atoms with Crippen LogP contribution in [-0.2, 0) is 6.42 Å². The van der Waals surface area contributed by atoms with Gasteiger partial charge in [-0.2, -0.15) is 15.0 Å². The van der Waals surface area contributed by atoms with E-state index in [1.165, 1.54) is 17.7 Å². The zero-order valence-electron chi connectivity index (χ0n) is 15.7. The van der Waals surface area contributed by atoms with Crippen molar-refractivity contribution in [1.82, 2.24) is 15.0 Å². The van der Waals surface area contributed by atoms with E-state index in [-0.39, 0.29) is 17.7 Å². The average molecular weight is 458 g/mol. The number of nitro benzene ring substituents is 1. The van der Waals surface area contributed by atoms with E-state index >= 15 is 0 Å². The van der Waals surface area contributed by atoms with Crippen molar-refractivity contribution in [3.8, 4) is 0 Å². The summed E-state index contributed by atoms with van der Waals surface area (Å²) in [5.41, 5.74) is 7.90. The van der Waals surface area contributed by atoms with E-state index in [2.05, 4.69) is 41.5 Å². The second-order valence-corrected chi connectivity index (χ2v) is 7.27. The molecule has 0 saturated carbocycles. The molecule has 4 N–H and O–H groups in total. The number of nitrogens with two attached hydrogens (primary N) is 1. The number of hydrogen-bond acceptors (Lipinski definition) is 8. The molecule has 29 heavy (non-hydrogen) atoms. The highest BCUT2D eigenvalue weighted by atomic mass is 79.9. The summed E-state index contributed by atoms with van der Waals surface area (Å²) in [6.45, 7) is 2.55. The first kappa shape index (κ1) is 20.5. The largest absolute Gasteiger partial charge is 0.368 e. The number of halogens is 1. The molecule has 3 rings (SSSR count). The predicted molar refractivity (Wildman–Crippen MR) is 116 cm³/mol. The van der Waals surface area contributed by atoms with Gasteiger partial charge in [0, 0.05) is 23.2 Å². The Morgan fingerprint density at radius 2 is 1.72 bits per heavy atom. The maximum atomic E-state index is 10.8. The average Bonchev–Trinajstić information content (AvgIpc) is 2.69. The predicted octanol–water partition coefficient (Wildman–Crippen LogP) is 3.95. The van der Waals surface area contributed by atoms with Gasteiger partial charge < -0.3 is 16.4 Å². The molecule has 0 aliphatic heterocycles. The molecule has 1 atom stereocenters. The first-order chi connectivity index (χ1) is 13.9. The van der Waals surface area contributed by atoms with Crippen molar-refractivity contribution in [3.05, 3.63) is 74.2 Å². The van der Waals surface area contributed by atoms with Gasteiger partial charge in [-0.25, -0.2) is 0 Å². The summed E-state index contributed by atoms with van der Waals surface area (Å²) in [5.74, 6) is 0.812. The Kier molecular flexibility index (Phi) is 6.55. The molecule has 9 nitrogen and oxygen atoms in total. The lowest BCUT2D eigenvalue weighted by atomic mass is 10.1. The Morgan fingerprint density at radius 1 is 1.07 bits per heavy atom. The van der Waals surface area contributed by atoms with Crippen LogP contribution in [0.5, 0.6) is 0 Å². The minimum atomic E-state index is -0.430. The molecular formula is C19H20BrN7O2. The van der Waals surface area contributed by atoms with Crippen molar-refractivity contribution in [1.29, 1.82) is 0 Å². The van der Waals surface area contributed by atoms with Crippen LogP contribution in [0.1, 0.15) is 24.1 Å². The molecule has 150 valence electrons. The normalized spacial score (nSPS) is 11.7. The van der Waals surface area contributed by atoms with Crippen LogP contribution in [0.2, 0.25) is 0 Å². The molecule has 0 aliphatic carbocycles. The van der Waals surface area contributed by atoms with Gasteiger partial charge in [-0.05, 0) is 36.6 Å². The summed E-state index contributed by atoms with van der Waals surface area (Å²) in [4.78, 5) is 22.9. The molecule has 0 amide bonds. The lowest BCUT2D eigenvalue weighted by Crippen LogP contribution is -2.14. The number of nitro groups is 1.